The molecule has 0 atom stereocenters. The van der Waals surface area contributed by atoms with Gasteiger partial charge in [-0.05, 0) is 25.6 Å². The summed E-state index contributed by atoms with van der Waals surface area (Å²) < 4.78 is 0. The summed E-state index contributed by atoms with van der Waals surface area (Å²) in [4.78, 5) is 13.3. The zero-order chi connectivity index (χ0) is 7.40. The van der Waals surface area contributed by atoms with Crippen molar-refractivity contribution in [2.24, 2.45) is 0 Å². The van der Waals surface area contributed by atoms with Crippen molar-refractivity contribution in [1.82, 2.24) is 4.90 Å². The second kappa shape index (κ2) is 3.88. The summed E-state index contributed by atoms with van der Waals surface area (Å²) in [6, 6.07) is 0. The van der Waals surface area contributed by atoms with Gasteiger partial charge >= 0.3 is 0 Å². The Morgan fingerprint density at radius 1 is 1.50 bits per heavy atom. The first-order valence-corrected chi connectivity index (χ1v) is 5.48. The average molecular weight is 157 g/mol. The highest BCUT2D eigenvalue weighted by molar-refractivity contribution is 6.08. The molecule has 3 heteroatoms. The van der Waals surface area contributed by atoms with Crippen LogP contribution >= 0.6 is 0 Å². The first-order chi connectivity index (χ1) is 4.83. The molecule has 0 N–H and O–H groups in total. The van der Waals surface area contributed by atoms with Gasteiger partial charge in [-0.15, -0.1) is 0 Å². The summed E-state index contributed by atoms with van der Waals surface area (Å²) in [5, 5.41) is 0. The highest BCUT2D eigenvalue weighted by Gasteiger charge is 2.12. The summed E-state index contributed by atoms with van der Waals surface area (Å²) >= 11 is 0. The number of carbonyl (C=O) groups is 1. The van der Waals surface area contributed by atoms with Crippen LogP contribution in [0.25, 0.3) is 0 Å². The van der Waals surface area contributed by atoms with Crippen LogP contribution < -0.4 is 0 Å². The Kier molecular flexibility index (Phi) is 3.09. The van der Waals surface area contributed by atoms with Crippen LogP contribution in [0.15, 0.2) is 0 Å². The van der Waals surface area contributed by atoms with Crippen LogP contribution in [0, 0.1) is 0 Å². The van der Waals surface area contributed by atoms with Gasteiger partial charge in [-0.2, -0.15) is 0 Å². The molecule has 0 aliphatic carbocycles. The fourth-order valence-electron chi connectivity index (χ4n) is 1.34. The van der Waals surface area contributed by atoms with Crippen molar-refractivity contribution < 1.29 is 4.79 Å². The summed E-state index contributed by atoms with van der Waals surface area (Å²) in [7, 11) is 1.19. The molecule has 1 saturated heterocycles. The van der Waals surface area contributed by atoms with Gasteiger partial charge in [0.05, 0.1) is 6.54 Å². The highest BCUT2D eigenvalue weighted by Crippen LogP contribution is 2.05. The van der Waals surface area contributed by atoms with Crippen molar-refractivity contribution in [3.8, 4) is 0 Å². The lowest BCUT2D eigenvalue weighted by Gasteiger charge is -2.15. The van der Waals surface area contributed by atoms with Crippen LogP contribution in [-0.2, 0) is 4.79 Å². The monoisotopic (exact) mass is 157 g/mol. The van der Waals surface area contributed by atoms with Crippen LogP contribution in [0.4, 0.5) is 0 Å². The quantitative estimate of drug-likeness (QED) is 0.472. The maximum absolute atomic E-state index is 11.0. The molecule has 1 aliphatic rings. The number of hydrogen-bond acceptors (Lipinski definition) is 2. The van der Waals surface area contributed by atoms with Crippen molar-refractivity contribution in [2.75, 3.05) is 19.3 Å². The Morgan fingerprint density at radius 3 is 3.00 bits per heavy atom. The molecule has 0 saturated carbocycles. The third-order valence-corrected chi connectivity index (χ3v) is 2.92. The van der Waals surface area contributed by atoms with E-state index in [1.54, 1.807) is 0 Å². The molecular formula is C7H15NOSi. The van der Waals surface area contributed by atoms with Gasteiger partial charge in [0.2, 0.25) is 0 Å². The van der Waals surface area contributed by atoms with Gasteiger partial charge in [-0.3, -0.25) is 9.69 Å². The zero-order valence-corrected chi connectivity index (χ0v) is 8.60. The van der Waals surface area contributed by atoms with Crippen molar-refractivity contribution in [3.05, 3.63) is 0 Å². The first-order valence-electron chi connectivity index (χ1n) is 4.07. The molecule has 1 fully saturated rings. The predicted molar refractivity (Wildman–Crippen MR) is 45.2 cm³/mol. The number of likely N-dealkylation sites (tertiary alicyclic amines) is 1. The van der Waals surface area contributed by atoms with Gasteiger partial charge in [0.1, 0.15) is 5.78 Å². The molecule has 10 heavy (non-hydrogen) atoms. The number of Topliss-reactive ketones (excluding diaryl/α,β-unsaturated/α-hetero) is 1. The minimum Gasteiger partial charge on any atom is -0.300 e. The largest absolute Gasteiger partial charge is 0.300 e. The maximum Gasteiger partial charge on any atom is 0.146 e. The van der Waals surface area contributed by atoms with E-state index in [1.807, 2.05) is 0 Å². The lowest BCUT2D eigenvalue weighted by Crippen LogP contribution is -2.29. The van der Waals surface area contributed by atoms with E-state index < -0.39 is 0 Å². The van der Waals surface area contributed by atoms with E-state index in [1.165, 1.54) is 16.7 Å². The van der Waals surface area contributed by atoms with Gasteiger partial charge in [0, 0.05) is 16.7 Å². The fourth-order valence-corrected chi connectivity index (χ4v) is 1.87. The lowest BCUT2D eigenvalue weighted by molar-refractivity contribution is -0.119. The van der Waals surface area contributed by atoms with E-state index in [2.05, 4.69) is 4.90 Å². The van der Waals surface area contributed by atoms with Gasteiger partial charge in [0.25, 0.3) is 0 Å². The Labute approximate surface area is 65.0 Å². The van der Waals surface area contributed by atoms with Crippen molar-refractivity contribution in [1.29, 1.82) is 0 Å². The molecular weight excluding hydrogens is 142 g/mol. The third kappa shape index (κ3) is 2.23. The standard InChI is InChI=1S/C7H15NOSi/c9-7-3-1-2-4-8(5-7)6-10/h1-6H2,10H3. The van der Waals surface area contributed by atoms with Crippen molar-refractivity contribution in [3.63, 3.8) is 0 Å². The molecule has 0 aromatic heterocycles. The SMILES string of the molecule is O=C1CCCCN(C[SiH3])C1. The Balaban J connectivity index is 2.38. The molecule has 0 amide bonds. The number of nitrogens with zero attached hydrogens (tertiary/aromatic N) is 1. The Morgan fingerprint density at radius 2 is 2.30 bits per heavy atom. The van der Waals surface area contributed by atoms with Crippen LogP contribution in [0.2, 0.25) is 0 Å². The summed E-state index contributed by atoms with van der Waals surface area (Å²) in [6.07, 6.45) is 4.30. The van der Waals surface area contributed by atoms with Crippen molar-refractivity contribution in [2.45, 2.75) is 19.3 Å². The summed E-state index contributed by atoms with van der Waals surface area (Å²) in [5.74, 6) is 0.438. The zero-order valence-electron chi connectivity index (χ0n) is 6.60. The Hall–Kier alpha value is -0.153. The van der Waals surface area contributed by atoms with E-state index in [0.717, 1.165) is 32.1 Å². The molecule has 2 nitrogen and oxygen atoms in total. The van der Waals surface area contributed by atoms with Crippen LogP contribution in [0.5, 0.6) is 0 Å². The van der Waals surface area contributed by atoms with Crippen LogP contribution in [0.3, 0.4) is 0 Å². The molecule has 0 aromatic rings. The van der Waals surface area contributed by atoms with E-state index in [9.17, 15) is 4.79 Å². The van der Waals surface area contributed by atoms with Crippen LogP contribution in [-0.4, -0.2) is 40.2 Å². The predicted octanol–water partition coefficient (Wildman–Crippen LogP) is -0.636. The van der Waals surface area contributed by atoms with Gasteiger partial charge in [-0.1, -0.05) is 0 Å². The second-order valence-electron chi connectivity index (χ2n) is 2.86. The molecule has 0 bridgehead atoms. The normalized spacial score (nSPS) is 23.0. The second-order valence-corrected chi connectivity index (χ2v) is 3.50. The third-order valence-electron chi connectivity index (χ3n) is 2.03. The summed E-state index contributed by atoms with van der Waals surface area (Å²) in [6.45, 7) is 1.87. The smallest absolute Gasteiger partial charge is 0.146 e. The minimum atomic E-state index is 0.438. The number of ketones is 1. The lowest BCUT2D eigenvalue weighted by atomic mass is 10.2. The average Bonchev–Trinajstić information content (AvgIpc) is 2.13. The number of carbonyl (C=O) groups excluding carboxylic acids is 1. The van der Waals surface area contributed by atoms with E-state index in [-0.39, 0.29) is 0 Å². The topological polar surface area (TPSA) is 20.3 Å². The molecule has 0 spiro atoms. The fraction of sp³-hybridized carbons (Fsp3) is 0.857. The number of hydrogen-bond donors (Lipinski definition) is 0. The van der Waals surface area contributed by atoms with Crippen molar-refractivity contribution >= 4 is 16.0 Å². The van der Waals surface area contributed by atoms with Crippen LogP contribution in [0.1, 0.15) is 19.3 Å². The van der Waals surface area contributed by atoms with E-state index in [0.29, 0.717) is 5.78 Å². The summed E-state index contributed by atoms with van der Waals surface area (Å²) in [5.41, 5.74) is 0. The van der Waals surface area contributed by atoms with Gasteiger partial charge in [-0.25, -0.2) is 0 Å². The minimum absolute atomic E-state index is 0.438. The highest BCUT2D eigenvalue weighted by atomic mass is 28.1. The molecule has 0 aromatic carbocycles. The molecule has 1 rings (SSSR count). The van der Waals surface area contributed by atoms with E-state index in [4.69, 9.17) is 0 Å². The first kappa shape index (κ1) is 7.95. The maximum atomic E-state index is 11.0. The molecule has 58 valence electrons. The molecule has 1 aliphatic heterocycles. The van der Waals surface area contributed by atoms with E-state index >= 15 is 0 Å². The Bertz CT molecular complexity index is 127. The van der Waals surface area contributed by atoms with Gasteiger partial charge in [0.15, 0.2) is 0 Å². The molecule has 1 heterocycles. The van der Waals surface area contributed by atoms with Gasteiger partial charge < -0.3 is 0 Å². The molecule has 0 unspecified atom stereocenters. The number of rotatable bonds is 1. The molecule has 0 radical (unpaired) electrons.